The minimum Gasteiger partial charge on any atom is -0.490 e. The lowest BCUT2D eigenvalue weighted by Gasteiger charge is -2.07. The number of nitro groups is 1. The average Bonchev–Trinajstić information content (AvgIpc) is 2.60. The highest BCUT2D eigenvalue weighted by molar-refractivity contribution is 6.35. The van der Waals surface area contributed by atoms with Gasteiger partial charge in [0.05, 0.1) is 23.3 Å². The average molecular weight is 398 g/mol. The first-order chi connectivity index (χ1) is 12.4. The summed E-state index contributed by atoms with van der Waals surface area (Å²) in [5.41, 5.74) is 2.46. The van der Waals surface area contributed by atoms with E-state index in [9.17, 15) is 14.9 Å². The molecule has 0 bridgehead atoms. The topological polar surface area (TPSA) is 103 Å². The molecule has 0 saturated carbocycles. The van der Waals surface area contributed by atoms with Gasteiger partial charge < -0.3 is 9.47 Å². The zero-order valence-electron chi connectivity index (χ0n) is 13.4. The molecular formula is C16H13Cl2N3O5. The number of nitrogens with zero attached hydrogens (tertiary/aromatic N) is 2. The number of hydrogen-bond donors (Lipinski definition) is 1. The van der Waals surface area contributed by atoms with Crippen LogP contribution in [0.1, 0.15) is 5.56 Å². The molecule has 2 aromatic rings. The van der Waals surface area contributed by atoms with E-state index < -0.39 is 10.8 Å². The quantitative estimate of drug-likeness (QED) is 0.437. The van der Waals surface area contributed by atoms with E-state index >= 15 is 0 Å². The van der Waals surface area contributed by atoms with Gasteiger partial charge in [0.25, 0.3) is 5.91 Å². The third-order valence-corrected chi connectivity index (χ3v) is 3.59. The maximum Gasteiger partial charge on any atom is 0.311 e. The van der Waals surface area contributed by atoms with Crippen molar-refractivity contribution in [1.82, 2.24) is 5.43 Å². The highest BCUT2D eigenvalue weighted by atomic mass is 35.5. The second kappa shape index (κ2) is 9.02. The second-order valence-corrected chi connectivity index (χ2v) is 5.69. The molecule has 26 heavy (non-hydrogen) atoms. The molecule has 136 valence electrons. The monoisotopic (exact) mass is 397 g/mol. The molecule has 0 heterocycles. The van der Waals surface area contributed by atoms with Crippen LogP contribution in [0.25, 0.3) is 0 Å². The molecule has 0 aliphatic carbocycles. The van der Waals surface area contributed by atoms with Crippen molar-refractivity contribution in [3.8, 4) is 11.5 Å². The SMILES string of the molecule is COc1ccc(/C=N\NC(=O)COc2ccc(Cl)cc2Cl)cc1[N+](=O)[O-]. The maximum atomic E-state index is 11.7. The number of amides is 1. The van der Waals surface area contributed by atoms with Gasteiger partial charge in [-0.15, -0.1) is 0 Å². The fourth-order valence-electron chi connectivity index (χ4n) is 1.88. The molecule has 8 nitrogen and oxygen atoms in total. The Hall–Kier alpha value is -2.84. The third-order valence-electron chi connectivity index (χ3n) is 3.06. The van der Waals surface area contributed by atoms with Crippen LogP contribution < -0.4 is 14.9 Å². The molecule has 0 atom stereocenters. The lowest BCUT2D eigenvalue weighted by Crippen LogP contribution is -2.24. The van der Waals surface area contributed by atoms with Gasteiger partial charge in [-0.05, 0) is 30.3 Å². The van der Waals surface area contributed by atoms with Gasteiger partial charge in [-0.2, -0.15) is 5.10 Å². The van der Waals surface area contributed by atoms with Crippen molar-refractivity contribution in [2.75, 3.05) is 13.7 Å². The molecule has 10 heteroatoms. The van der Waals surface area contributed by atoms with Crippen LogP contribution in [0.15, 0.2) is 41.5 Å². The van der Waals surface area contributed by atoms with Crippen molar-refractivity contribution in [3.05, 3.63) is 62.1 Å². The number of ether oxygens (including phenoxy) is 2. The van der Waals surface area contributed by atoms with Gasteiger partial charge in [0.15, 0.2) is 12.4 Å². The van der Waals surface area contributed by atoms with Gasteiger partial charge in [0.1, 0.15) is 5.75 Å². The molecule has 0 unspecified atom stereocenters. The number of methoxy groups -OCH3 is 1. The van der Waals surface area contributed by atoms with Gasteiger partial charge >= 0.3 is 5.69 Å². The Morgan fingerprint density at radius 1 is 1.27 bits per heavy atom. The Balaban J connectivity index is 1.92. The Labute approximate surface area is 158 Å². The molecule has 0 aliphatic heterocycles. The van der Waals surface area contributed by atoms with E-state index in [0.717, 1.165) is 0 Å². The Kier molecular flexibility index (Phi) is 6.76. The van der Waals surface area contributed by atoms with Crippen LogP contribution >= 0.6 is 23.2 Å². The first-order valence-electron chi connectivity index (χ1n) is 7.13. The molecule has 1 N–H and O–H groups in total. The summed E-state index contributed by atoms with van der Waals surface area (Å²) in [4.78, 5) is 22.1. The van der Waals surface area contributed by atoms with Crippen molar-refractivity contribution in [3.63, 3.8) is 0 Å². The summed E-state index contributed by atoms with van der Waals surface area (Å²) in [6.45, 7) is -0.318. The van der Waals surface area contributed by atoms with Gasteiger partial charge in [-0.3, -0.25) is 14.9 Å². The molecule has 0 spiro atoms. The van der Waals surface area contributed by atoms with E-state index in [1.54, 1.807) is 12.1 Å². The first kappa shape index (κ1) is 19.5. The van der Waals surface area contributed by atoms with Crippen LogP contribution in [0, 0.1) is 10.1 Å². The first-order valence-corrected chi connectivity index (χ1v) is 7.88. The summed E-state index contributed by atoms with van der Waals surface area (Å²) in [6, 6.07) is 8.88. The Morgan fingerprint density at radius 2 is 2.00 bits per heavy atom. The van der Waals surface area contributed by atoms with Gasteiger partial charge in [0.2, 0.25) is 0 Å². The van der Waals surface area contributed by atoms with Crippen molar-refractivity contribution in [2.24, 2.45) is 5.10 Å². The summed E-state index contributed by atoms with van der Waals surface area (Å²) in [5, 5.41) is 15.4. The van der Waals surface area contributed by atoms with Crippen LogP contribution in [0.3, 0.4) is 0 Å². The minimum atomic E-state index is -0.571. The predicted octanol–water partition coefficient (Wildman–Crippen LogP) is 3.44. The normalized spacial score (nSPS) is 10.6. The zero-order chi connectivity index (χ0) is 19.1. The number of carbonyl (C=O) groups excluding carboxylic acids is 1. The largest absolute Gasteiger partial charge is 0.490 e. The molecule has 2 rings (SSSR count). The van der Waals surface area contributed by atoms with E-state index in [0.29, 0.717) is 16.3 Å². The lowest BCUT2D eigenvalue weighted by molar-refractivity contribution is -0.385. The van der Waals surface area contributed by atoms with E-state index in [1.165, 1.54) is 37.6 Å². The maximum absolute atomic E-state index is 11.7. The van der Waals surface area contributed by atoms with E-state index in [-0.39, 0.29) is 23.1 Å². The number of nitro benzene ring substituents is 1. The molecule has 0 fully saturated rings. The summed E-state index contributed by atoms with van der Waals surface area (Å²) in [6.07, 6.45) is 1.26. The van der Waals surface area contributed by atoms with Crippen LogP contribution in [0.5, 0.6) is 11.5 Å². The summed E-state index contributed by atoms with van der Waals surface area (Å²) in [5.74, 6) is -0.0966. The van der Waals surface area contributed by atoms with Gasteiger partial charge in [0, 0.05) is 16.7 Å². The van der Waals surface area contributed by atoms with Crippen molar-refractivity contribution in [2.45, 2.75) is 0 Å². The van der Waals surface area contributed by atoms with Crippen LogP contribution in [-0.2, 0) is 4.79 Å². The molecular weight excluding hydrogens is 385 g/mol. The number of nitrogens with one attached hydrogen (secondary N) is 1. The van der Waals surface area contributed by atoms with E-state index in [4.69, 9.17) is 32.7 Å². The smallest absolute Gasteiger partial charge is 0.311 e. The standard InChI is InChI=1S/C16H13Cl2N3O5/c1-25-15-4-2-10(6-13(15)21(23)24)8-19-20-16(22)9-26-14-5-3-11(17)7-12(14)18/h2-8H,9H2,1H3,(H,20,22)/b19-8-. The molecule has 0 aliphatic rings. The fraction of sp³-hybridized carbons (Fsp3) is 0.125. The van der Waals surface area contributed by atoms with Crippen LogP contribution in [0.4, 0.5) is 5.69 Å². The molecule has 0 saturated heterocycles. The van der Waals surface area contributed by atoms with E-state index in [1.807, 2.05) is 0 Å². The molecule has 2 aromatic carbocycles. The van der Waals surface area contributed by atoms with Crippen LogP contribution in [0.2, 0.25) is 10.0 Å². The second-order valence-electron chi connectivity index (χ2n) is 4.84. The number of hydrazone groups is 1. The molecule has 0 aromatic heterocycles. The Bertz CT molecular complexity index is 858. The Morgan fingerprint density at radius 3 is 2.65 bits per heavy atom. The van der Waals surface area contributed by atoms with Gasteiger partial charge in [-0.25, -0.2) is 5.43 Å². The molecule has 0 radical (unpaired) electrons. The highest BCUT2D eigenvalue weighted by Crippen LogP contribution is 2.28. The number of carbonyl (C=O) groups is 1. The van der Waals surface area contributed by atoms with E-state index in [2.05, 4.69) is 10.5 Å². The minimum absolute atomic E-state index is 0.129. The number of halogens is 2. The van der Waals surface area contributed by atoms with Crippen molar-refractivity contribution < 1.29 is 19.2 Å². The predicted molar refractivity (Wildman–Crippen MR) is 97.3 cm³/mol. The van der Waals surface area contributed by atoms with Crippen molar-refractivity contribution in [1.29, 1.82) is 0 Å². The highest BCUT2D eigenvalue weighted by Gasteiger charge is 2.14. The summed E-state index contributed by atoms with van der Waals surface area (Å²) in [7, 11) is 1.34. The zero-order valence-corrected chi connectivity index (χ0v) is 15.0. The number of benzene rings is 2. The summed E-state index contributed by atoms with van der Waals surface area (Å²) < 4.78 is 10.2. The molecule has 1 amide bonds. The lowest BCUT2D eigenvalue weighted by atomic mass is 10.2. The van der Waals surface area contributed by atoms with Crippen LogP contribution in [-0.4, -0.2) is 30.8 Å². The van der Waals surface area contributed by atoms with Gasteiger partial charge in [-0.1, -0.05) is 23.2 Å². The summed E-state index contributed by atoms with van der Waals surface area (Å²) >= 11 is 11.7. The number of hydrogen-bond acceptors (Lipinski definition) is 6. The number of rotatable bonds is 7. The third kappa shape index (κ3) is 5.33. The van der Waals surface area contributed by atoms with Crippen molar-refractivity contribution >= 4 is 41.0 Å². The fourth-order valence-corrected chi connectivity index (χ4v) is 2.34.